The van der Waals surface area contributed by atoms with Crippen LogP contribution in [0.15, 0.2) is 30.3 Å². The number of hydrogen-bond donors (Lipinski definition) is 2. The molecule has 0 bridgehead atoms. The standard InChI is InChI=1S/C20H29N3O3/c1-4-5-6-10-13-20(3)18(25)23(19(26)22-20)14-17(24)21-15(2)16-11-8-7-9-12-16/h7-9,11-12,15H,4-6,10,13-14H2,1-3H3,(H,21,24)(H,22,26)/t15-,20-/m0/s1. The topological polar surface area (TPSA) is 78.5 Å². The lowest BCUT2D eigenvalue weighted by atomic mass is 9.94. The second-order valence-corrected chi connectivity index (χ2v) is 7.16. The lowest BCUT2D eigenvalue weighted by Gasteiger charge is -2.22. The van der Waals surface area contributed by atoms with E-state index in [-0.39, 0.29) is 24.4 Å². The van der Waals surface area contributed by atoms with Gasteiger partial charge in [-0.25, -0.2) is 4.79 Å². The highest BCUT2D eigenvalue weighted by molar-refractivity contribution is 6.08. The van der Waals surface area contributed by atoms with Crippen LogP contribution >= 0.6 is 0 Å². The van der Waals surface area contributed by atoms with Gasteiger partial charge in [0.25, 0.3) is 5.91 Å². The summed E-state index contributed by atoms with van der Waals surface area (Å²) < 4.78 is 0. The molecule has 1 aliphatic rings. The molecule has 0 radical (unpaired) electrons. The summed E-state index contributed by atoms with van der Waals surface area (Å²) >= 11 is 0. The van der Waals surface area contributed by atoms with Crippen LogP contribution in [0.25, 0.3) is 0 Å². The summed E-state index contributed by atoms with van der Waals surface area (Å²) in [5.41, 5.74) is 0.0645. The Morgan fingerprint density at radius 2 is 1.88 bits per heavy atom. The molecule has 1 aromatic rings. The Hall–Kier alpha value is -2.37. The van der Waals surface area contributed by atoms with Crippen LogP contribution in [0.1, 0.15) is 64.5 Å². The van der Waals surface area contributed by atoms with Crippen LogP contribution < -0.4 is 10.6 Å². The summed E-state index contributed by atoms with van der Waals surface area (Å²) in [4.78, 5) is 38.2. The zero-order chi connectivity index (χ0) is 19.2. The van der Waals surface area contributed by atoms with Crippen LogP contribution in [0.3, 0.4) is 0 Å². The zero-order valence-electron chi connectivity index (χ0n) is 15.9. The summed E-state index contributed by atoms with van der Waals surface area (Å²) in [5, 5.41) is 5.59. The molecular formula is C20H29N3O3. The lowest BCUT2D eigenvalue weighted by molar-refractivity contribution is -0.135. The van der Waals surface area contributed by atoms with Gasteiger partial charge in [0.2, 0.25) is 5.91 Å². The number of benzene rings is 1. The molecule has 1 aromatic carbocycles. The predicted octanol–water partition coefficient (Wildman–Crippen LogP) is 3.14. The van der Waals surface area contributed by atoms with Crippen molar-refractivity contribution in [1.82, 2.24) is 15.5 Å². The zero-order valence-corrected chi connectivity index (χ0v) is 15.9. The van der Waals surface area contributed by atoms with Crippen LogP contribution in [0, 0.1) is 0 Å². The minimum atomic E-state index is -0.907. The highest BCUT2D eigenvalue weighted by Gasteiger charge is 2.47. The van der Waals surface area contributed by atoms with E-state index in [1.165, 1.54) is 0 Å². The van der Waals surface area contributed by atoms with E-state index in [9.17, 15) is 14.4 Å². The number of unbranched alkanes of at least 4 members (excludes halogenated alkanes) is 3. The van der Waals surface area contributed by atoms with Gasteiger partial charge in [-0.1, -0.05) is 62.9 Å². The molecule has 2 rings (SSSR count). The van der Waals surface area contributed by atoms with Gasteiger partial charge in [0.05, 0.1) is 6.04 Å². The lowest BCUT2D eigenvalue weighted by Crippen LogP contribution is -2.45. The Balaban J connectivity index is 1.91. The van der Waals surface area contributed by atoms with E-state index in [4.69, 9.17) is 0 Å². The third-order valence-electron chi connectivity index (χ3n) is 4.85. The predicted molar refractivity (Wildman–Crippen MR) is 100 cm³/mol. The van der Waals surface area contributed by atoms with Gasteiger partial charge in [0.15, 0.2) is 0 Å². The summed E-state index contributed by atoms with van der Waals surface area (Å²) in [6.07, 6.45) is 4.73. The number of rotatable bonds is 9. The van der Waals surface area contributed by atoms with Crippen molar-refractivity contribution in [3.8, 4) is 0 Å². The van der Waals surface area contributed by atoms with E-state index in [1.807, 2.05) is 37.3 Å². The molecule has 2 N–H and O–H groups in total. The number of nitrogens with zero attached hydrogens (tertiary/aromatic N) is 1. The van der Waals surface area contributed by atoms with Gasteiger partial charge in [-0.05, 0) is 25.8 Å². The number of hydrogen-bond acceptors (Lipinski definition) is 3. The fourth-order valence-electron chi connectivity index (χ4n) is 3.22. The quantitative estimate of drug-likeness (QED) is 0.525. The van der Waals surface area contributed by atoms with E-state index in [0.717, 1.165) is 36.1 Å². The molecule has 1 heterocycles. The Bertz CT molecular complexity index is 647. The van der Waals surface area contributed by atoms with Crippen molar-refractivity contribution in [1.29, 1.82) is 0 Å². The first-order valence-corrected chi connectivity index (χ1v) is 9.36. The SMILES string of the molecule is CCCCCC[C@]1(C)NC(=O)N(CC(=O)N[C@@H](C)c2ccccc2)C1=O. The number of carbonyl (C=O) groups excluding carboxylic acids is 3. The molecule has 4 amide bonds. The largest absolute Gasteiger partial charge is 0.348 e. The molecule has 2 atom stereocenters. The van der Waals surface area contributed by atoms with Gasteiger partial charge in [-0.3, -0.25) is 14.5 Å². The molecule has 0 unspecified atom stereocenters. The smallest absolute Gasteiger partial charge is 0.325 e. The van der Waals surface area contributed by atoms with E-state index in [1.54, 1.807) is 6.92 Å². The maximum Gasteiger partial charge on any atom is 0.325 e. The van der Waals surface area contributed by atoms with Gasteiger partial charge >= 0.3 is 6.03 Å². The summed E-state index contributed by atoms with van der Waals surface area (Å²) in [6.45, 7) is 5.48. The molecule has 0 aliphatic carbocycles. The molecule has 1 aliphatic heterocycles. The molecule has 0 saturated carbocycles. The van der Waals surface area contributed by atoms with Crippen LogP contribution in [-0.2, 0) is 9.59 Å². The van der Waals surface area contributed by atoms with Crippen LogP contribution in [-0.4, -0.2) is 34.8 Å². The first kappa shape index (κ1) is 19.9. The van der Waals surface area contributed by atoms with Gasteiger partial charge in [0, 0.05) is 0 Å². The highest BCUT2D eigenvalue weighted by Crippen LogP contribution is 2.24. The molecule has 26 heavy (non-hydrogen) atoms. The second-order valence-electron chi connectivity index (χ2n) is 7.16. The maximum atomic E-state index is 12.7. The van der Waals surface area contributed by atoms with Crippen LogP contribution in [0.5, 0.6) is 0 Å². The highest BCUT2D eigenvalue weighted by atomic mass is 16.2. The van der Waals surface area contributed by atoms with Gasteiger partial charge in [0.1, 0.15) is 12.1 Å². The number of carbonyl (C=O) groups is 3. The number of urea groups is 1. The van der Waals surface area contributed by atoms with Crippen LogP contribution in [0.2, 0.25) is 0 Å². The molecule has 1 fully saturated rings. The summed E-state index contributed by atoms with van der Waals surface area (Å²) in [6, 6.07) is 8.88. The van der Waals surface area contributed by atoms with Gasteiger partial charge < -0.3 is 10.6 Å². The monoisotopic (exact) mass is 359 g/mol. The first-order valence-electron chi connectivity index (χ1n) is 9.36. The van der Waals surface area contributed by atoms with Crippen molar-refractivity contribution in [3.05, 3.63) is 35.9 Å². The van der Waals surface area contributed by atoms with Crippen LogP contribution in [0.4, 0.5) is 4.79 Å². The second kappa shape index (κ2) is 8.83. The first-order chi connectivity index (χ1) is 12.4. The third-order valence-corrected chi connectivity index (χ3v) is 4.85. The van der Waals surface area contributed by atoms with E-state index >= 15 is 0 Å². The Kier molecular flexibility index (Phi) is 6.77. The van der Waals surface area contributed by atoms with Crippen molar-refractivity contribution in [2.24, 2.45) is 0 Å². The van der Waals surface area contributed by atoms with E-state index in [0.29, 0.717) is 6.42 Å². The van der Waals surface area contributed by atoms with Crippen molar-refractivity contribution in [3.63, 3.8) is 0 Å². The number of imide groups is 1. The van der Waals surface area contributed by atoms with Gasteiger partial charge in [-0.15, -0.1) is 0 Å². The van der Waals surface area contributed by atoms with Gasteiger partial charge in [-0.2, -0.15) is 0 Å². The van der Waals surface area contributed by atoms with E-state index < -0.39 is 11.6 Å². The number of nitrogens with one attached hydrogen (secondary N) is 2. The van der Waals surface area contributed by atoms with Crippen molar-refractivity contribution in [2.75, 3.05) is 6.54 Å². The summed E-state index contributed by atoms with van der Waals surface area (Å²) in [5.74, 6) is -0.665. The Labute approximate surface area is 155 Å². The van der Waals surface area contributed by atoms with Crippen molar-refractivity contribution in [2.45, 2.75) is 64.5 Å². The van der Waals surface area contributed by atoms with Crippen molar-refractivity contribution >= 4 is 17.8 Å². The van der Waals surface area contributed by atoms with E-state index in [2.05, 4.69) is 17.6 Å². The average molecular weight is 359 g/mol. The normalized spacial score (nSPS) is 20.8. The molecule has 6 nitrogen and oxygen atoms in total. The molecule has 1 saturated heterocycles. The Morgan fingerprint density at radius 1 is 1.19 bits per heavy atom. The molecular weight excluding hydrogens is 330 g/mol. The third kappa shape index (κ3) is 4.84. The fraction of sp³-hybridized carbons (Fsp3) is 0.550. The molecule has 0 spiro atoms. The molecule has 142 valence electrons. The summed E-state index contributed by atoms with van der Waals surface area (Å²) in [7, 11) is 0. The Morgan fingerprint density at radius 3 is 2.54 bits per heavy atom. The average Bonchev–Trinajstić information content (AvgIpc) is 2.83. The molecule has 0 aromatic heterocycles. The maximum absolute atomic E-state index is 12.7. The minimum Gasteiger partial charge on any atom is -0.348 e. The fourth-order valence-corrected chi connectivity index (χ4v) is 3.22. The number of amides is 4. The van der Waals surface area contributed by atoms with Crippen molar-refractivity contribution < 1.29 is 14.4 Å². The molecule has 6 heteroatoms. The minimum absolute atomic E-state index is 0.190.